The monoisotopic (exact) mass is 245 g/mol. The number of nitrogens with zero attached hydrogens (tertiary/aromatic N) is 1. The maximum Gasteiger partial charge on any atom is 0.320 e. The second-order valence-corrected chi connectivity index (χ2v) is 3.00. The molecule has 8 nitrogen and oxygen atoms in total. The lowest BCUT2D eigenvalue weighted by atomic mass is 10.2. The van der Waals surface area contributed by atoms with Crippen molar-refractivity contribution in [2.75, 3.05) is 6.54 Å². The first kappa shape index (κ1) is 17.3. The van der Waals surface area contributed by atoms with Gasteiger partial charge in [-0.2, -0.15) is 0 Å². The number of guanidine groups is 1. The summed E-state index contributed by atoms with van der Waals surface area (Å²) in [4.78, 5) is 23.4. The Bertz CT molecular complexity index is 286. The highest BCUT2D eigenvalue weighted by Gasteiger charge is 2.09. The Morgan fingerprint density at radius 2 is 1.82 bits per heavy atom. The van der Waals surface area contributed by atoms with Crippen molar-refractivity contribution in [1.82, 2.24) is 0 Å². The SMILES string of the molecule is C=CC(N)=O.NC(N)=NCCCC(N)C(=O)O. The maximum absolute atomic E-state index is 10.2. The average molecular weight is 245 g/mol. The van der Waals surface area contributed by atoms with Gasteiger partial charge in [0.05, 0.1) is 0 Å². The molecule has 17 heavy (non-hydrogen) atoms. The molecule has 0 heterocycles. The van der Waals surface area contributed by atoms with Crippen LogP contribution in [0.4, 0.5) is 0 Å². The summed E-state index contributed by atoms with van der Waals surface area (Å²) in [6, 6.07) is -0.820. The Hall–Kier alpha value is -2.09. The highest BCUT2D eigenvalue weighted by atomic mass is 16.4. The van der Waals surface area contributed by atoms with Crippen LogP contribution in [0.2, 0.25) is 0 Å². The fraction of sp³-hybridized carbons (Fsp3) is 0.444. The molecule has 0 aliphatic rings. The van der Waals surface area contributed by atoms with E-state index in [1.54, 1.807) is 0 Å². The molecule has 0 fully saturated rings. The molecule has 9 N–H and O–H groups in total. The summed E-state index contributed by atoms with van der Waals surface area (Å²) in [6.07, 6.45) is 2.01. The number of rotatable bonds is 6. The van der Waals surface area contributed by atoms with Crippen molar-refractivity contribution in [1.29, 1.82) is 0 Å². The molecule has 0 aromatic heterocycles. The van der Waals surface area contributed by atoms with Crippen LogP contribution in [-0.4, -0.2) is 35.5 Å². The molecule has 0 aliphatic heterocycles. The Kier molecular flexibility index (Phi) is 10.6. The van der Waals surface area contributed by atoms with Crippen LogP contribution in [0, 0.1) is 0 Å². The molecular weight excluding hydrogens is 226 g/mol. The molecule has 0 radical (unpaired) electrons. The number of aliphatic carboxylic acids is 1. The molecule has 0 aromatic carbocycles. The lowest BCUT2D eigenvalue weighted by Gasteiger charge is -2.03. The highest BCUT2D eigenvalue weighted by molar-refractivity contribution is 5.84. The van der Waals surface area contributed by atoms with E-state index in [0.29, 0.717) is 19.4 Å². The van der Waals surface area contributed by atoms with E-state index >= 15 is 0 Å². The smallest absolute Gasteiger partial charge is 0.320 e. The largest absolute Gasteiger partial charge is 0.480 e. The lowest BCUT2D eigenvalue weighted by molar-refractivity contribution is -0.138. The van der Waals surface area contributed by atoms with E-state index in [2.05, 4.69) is 17.3 Å². The number of aliphatic imine (C=N–C) groups is 1. The van der Waals surface area contributed by atoms with Gasteiger partial charge < -0.3 is 28.0 Å². The van der Waals surface area contributed by atoms with Gasteiger partial charge in [0.1, 0.15) is 6.04 Å². The third-order valence-electron chi connectivity index (χ3n) is 1.49. The first-order valence-electron chi connectivity index (χ1n) is 4.76. The number of nitrogens with two attached hydrogens (primary N) is 4. The van der Waals surface area contributed by atoms with Gasteiger partial charge in [-0.25, -0.2) is 0 Å². The molecule has 0 saturated heterocycles. The van der Waals surface area contributed by atoms with Gasteiger partial charge in [0, 0.05) is 6.54 Å². The van der Waals surface area contributed by atoms with E-state index in [9.17, 15) is 9.59 Å². The van der Waals surface area contributed by atoms with E-state index in [4.69, 9.17) is 22.3 Å². The van der Waals surface area contributed by atoms with Crippen molar-refractivity contribution in [3.8, 4) is 0 Å². The minimum Gasteiger partial charge on any atom is -0.480 e. The van der Waals surface area contributed by atoms with Gasteiger partial charge in [-0.15, -0.1) is 0 Å². The van der Waals surface area contributed by atoms with Gasteiger partial charge in [-0.05, 0) is 18.9 Å². The van der Waals surface area contributed by atoms with Gasteiger partial charge in [0.25, 0.3) is 0 Å². The van der Waals surface area contributed by atoms with Gasteiger partial charge in [-0.1, -0.05) is 6.58 Å². The standard InChI is InChI=1S/C6H14N4O2.C3H5NO/c7-4(5(11)12)2-1-3-10-6(8)9;1-2-3(4)5/h4H,1-3,7H2,(H,11,12)(H4,8,9,10);2H,1H2,(H2,4,5). The van der Waals surface area contributed by atoms with Crippen LogP contribution in [0.15, 0.2) is 17.6 Å². The van der Waals surface area contributed by atoms with Gasteiger partial charge >= 0.3 is 5.97 Å². The zero-order chi connectivity index (χ0) is 13.8. The van der Waals surface area contributed by atoms with E-state index in [0.717, 1.165) is 6.08 Å². The topological polar surface area (TPSA) is 171 Å². The number of hydrogen-bond acceptors (Lipinski definition) is 4. The third kappa shape index (κ3) is 16.6. The van der Waals surface area contributed by atoms with Crippen LogP contribution in [-0.2, 0) is 9.59 Å². The van der Waals surface area contributed by atoms with Crippen molar-refractivity contribution in [3.63, 3.8) is 0 Å². The van der Waals surface area contributed by atoms with Crippen molar-refractivity contribution in [3.05, 3.63) is 12.7 Å². The molecule has 0 aliphatic carbocycles. The average Bonchev–Trinajstić information content (AvgIpc) is 2.24. The summed E-state index contributed by atoms with van der Waals surface area (Å²) in [5, 5.41) is 8.38. The summed E-state index contributed by atoms with van der Waals surface area (Å²) in [5.41, 5.74) is 19.9. The number of amides is 1. The minimum atomic E-state index is -1.00. The number of carboxylic acids is 1. The Balaban J connectivity index is 0. The second-order valence-electron chi connectivity index (χ2n) is 3.00. The fourth-order valence-electron chi connectivity index (χ4n) is 0.643. The normalized spacial score (nSPS) is 10.4. The van der Waals surface area contributed by atoms with Crippen LogP contribution < -0.4 is 22.9 Å². The van der Waals surface area contributed by atoms with Gasteiger partial charge in [-0.3, -0.25) is 14.6 Å². The molecule has 0 spiro atoms. The number of carboxylic acid groups (broad SMARTS) is 1. The predicted octanol–water partition coefficient (Wildman–Crippen LogP) is -1.89. The van der Waals surface area contributed by atoms with E-state index in [1.807, 2.05) is 0 Å². The number of carbonyl (C=O) groups excluding carboxylic acids is 1. The first-order chi connectivity index (χ1) is 7.81. The summed E-state index contributed by atoms with van der Waals surface area (Å²) < 4.78 is 0. The molecule has 0 aromatic rings. The van der Waals surface area contributed by atoms with E-state index in [-0.39, 0.29) is 5.96 Å². The van der Waals surface area contributed by atoms with Gasteiger partial charge in [0.15, 0.2) is 5.96 Å². The van der Waals surface area contributed by atoms with Crippen molar-refractivity contribution in [2.24, 2.45) is 27.9 Å². The Morgan fingerprint density at radius 1 is 1.35 bits per heavy atom. The van der Waals surface area contributed by atoms with Crippen molar-refractivity contribution < 1.29 is 14.7 Å². The Morgan fingerprint density at radius 3 is 2.12 bits per heavy atom. The maximum atomic E-state index is 10.2. The molecule has 1 atom stereocenters. The molecule has 1 amide bonds. The fourth-order valence-corrected chi connectivity index (χ4v) is 0.643. The third-order valence-corrected chi connectivity index (χ3v) is 1.49. The molecule has 0 rings (SSSR count). The minimum absolute atomic E-state index is 0.0129. The van der Waals surface area contributed by atoms with Gasteiger partial charge in [0.2, 0.25) is 5.91 Å². The molecular formula is C9H19N5O3. The van der Waals surface area contributed by atoms with Crippen LogP contribution in [0.1, 0.15) is 12.8 Å². The summed E-state index contributed by atoms with van der Waals surface area (Å²) in [7, 11) is 0. The lowest BCUT2D eigenvalue weighted by Crippen LogP contribution is -2.30. The number of carbonyl (C=O) groups is 2. The quantitative estimate of drug-likeness (QED) is 0.158. The van der Waals surface area contributed by atoms with Crippen LogP contribution in [0.5, 0.6) is 0 Å². The molecule has 98 valence electrons. The van der Waals surface area contributed by atoms with Crippen LogP contribution in [0.3, 0.4) is 0 Å². The zero-order valence-corrected chi connectivity index (χ0v) is 9.50. The summed E-state index contributed by atoms with van der Waals surface area (Å²) >= 11 is 0. The van der Waals surface area contributed by atoms with Crippen molar-refractivity contribution >= 4 is 17.8 Å². The summed E-state index contributed by atoms with van der Waals surface area (Å²) in [5.74, 6) is -1.47. The Labute approximate surface area is 99.3 Å². The molecule has 1 unspecified atom stereocenters. The predicted molar refractivity (Wildman–Crippen MR) is 64.9 cm³/mol. The second kappa shape index (κ2) is 10.4. The highest BCUT2D eigenvalue weighted by Crippen LogP contribution is 1.94. The summed E-state index contributed by atoms with van der Waals surface area (Å²) in [6.45, 7) is 3.51. The number of hydrogen-bond donors (Lipinski definition) is 5. The van der Waals surface area contributed by atoms with Crippen LogP contribution >= 0.6 is 0 Å². The molecule has 0 saturated carbocycles. The number of primary amides is 1. The van der Waals surface area contributed by atoms with Crippen LogP contribution in [0.25, 0.3) is 0 Å². The molecule has 0 bridgehead atoms. The first-order valence-corrected chi connectivity index (χ1v) is 4.76. The van der Waals surface area contributed by atoms with E-state index < -0.39 is 17.9 Å². The molecule has 8 heteroatoms. The zero-order valence-electron chi connectivity index (χ0n) is 9.50. The van der Waals surface area contributed by atoms with Crippen molar-refractivity contribution in [2.45, 2.75) is 18.9 Å². The van der Waals surface area contributed by atoms with E-state index in [1.165, 1.54) is 0 Å².